The molecule has 3 rings (SSSR count). The fourth-order valence-electron chi connectivity index (χ4n) is 3.12. The van der Waals surface area contributed by atoms with E-state index in [1.54, 1.807) is 12.1 Å². The summed E-state index contributed by atoms with van der Waals surface area (Å²) >= 11 is 0. The number of aryl methyl sites for hydroxylation is 3. The van der Waals surface area contributed by atoms with Crippen LogP contribution in [0.3, 0.4) is 0 Å². The van der Waals surface area contributed by atoms with Crippen molar-refractivity contribution in [3.05, 3.63) is 69.6 Å². The normalized spacial score (nSPS) is 10.8. The van der Waals surface area contributed by atoms with Crippen LogP contribution in [0.1, 0.15) is 30.5 Å². The number of amides is 1. The number of rotatable bonds is 6. The molecule has 0 saturated carbocycles. The summed E-state index contributed by atoms with van der Waals surface area (Å²) in [6.07, 6.45) is 1.57. The molecule has 0 bridgehead atoms. The Bertz CT molecular complexity index is 1040. The van der Waals surface area contributed by atoms with E-state index in [-0.39, 0.29) is 18.1 Å². The van der Waals surface area contributed by atoms with E-state index in [0.29, 0.717) is 11.3 Å². The number of hydrogen-bond acceptors (Lipinski definition) is 4. The Morgan fingerprint density at radius 3 is 2.59 bits per heavy atom. The molecule has 2 aromatic carbocycles. The third kappa shape index (κ3) is 4.19. The Balaban J connectivity index is 1.73. The average molecular weight is 365 g/mol. The van der Waals surface area contributed by atoms with Gasteiger partial charge in [0.2, 0.25) is 0 Å². The van der Waals surface area contributed by atoms with Crippen molar-refractivity contribution in [2.45, 2.75) is 33.6 Å². The number of carbonyl (C=O) groups excluding carboxylic acids is 1. The van der Waals surface area contributed by atoms with Gasteiger partial charge in [-0.15, -0.1) is 0 Å². The van der Waals surface area contributed by atoms with Gasteiger partial charge in [-0.05, 0) is 48.6 Å². The van der Waals surface area contributed by atoms with E-state index in [2.05, 4.69) is 5.32 Å². The van der Waals surface area contributed by atoms with E-state index < -0.39 is 0 Å². The van der Waals surface area contributed by atoms with Gasteiger partial charge in [0.15, 0.2) is 6.61 Å². The predicted octanol–water partition coefficient (Wildman–Crippen LogP) is 4.24. The summed E-state index contributed by atoms with van der Waals surface area (Å²) in [5, 5.41) is 3.80. The Hall–Kier alpha value is -3.08. The maximum Gasteiger partial charge on any atom is 0.336 e. The molecule has 140 valence electrons. The van der Waals surface area contributed by atoms with Gasteiger partial charge in [0, 0.05) is 23.2 Å². The Labute approximate surface area is 158 Å². The molecule has 0 atom stereocenters. The van der Waals surface area contributed by atoms with Crippen LogP contribution in [0.2, 0.25) is 0 Å². The zero-order chi connectivity index (χ0) is 19.4. The van der Waals surface area contributed by atoms with Crippen molar-refractivity contribution in [3.8, 4) is 5.75 Å². The van der Waals surface area contributed by atoms with Crippen LogP contribution in [-0.2, 0) is 17.6 Å². The number of benzene rings is 2. The van der Waals surface area contributed by atoms with Crippen LogP contribution in [0.5, 0.6) is 5.75 Å². The lowest BCUT2D eigenvalue weighted by molar-refractivity contribution is -0.118. The number of hydrogen-bond donors (Lipinski definition) is 1. The first-order valence-electron chi connectivity index (χ1n) is 9.09. The molecule has 0 aliphatic rings. The second-order valence-electron chi connectivity index (χ2n) is 6.40. The highest BCUT2D eigenvalue weighted by Crippen LogP contribution is 2.24. The quantitative estimate of drug-likeness (QED) is 0.663. The van der Waals surface area contributed by atoms with Crippen LogP contribution in [0.4, 0.5) is 5.69 Å². The van der Waals surface area contributed by atoms with E-state index in [1.165, 1.54) is 6.07 Å². The second kappa shape index (κ2) is 8.08. The van der Waals surface area contributed by atoms with E-state index >= 15 is 0 Å². The maximum absolute atomic E-state index is 12.3. The largest absolute Gasteiger partial charge is 0.484 e. The van der Waals surface area contributed by atoms with Crippen LogP contribution in [0.15, 0.2) is 51.7 Å². The van der Waals surface area contributed by atoms with Crippen molar-refractivity contribution in [2.75, 3.05) is 11.9 Å². The Morgan fingerprint density at radius 1 is 1.07 bits per heavy atom. The highest BCUT2D eigenvalue weighted by atomic mass is 16.5. The lowest BCUT2D eigenvalue weighted by Gasteiger charge is -2.13. The summed E-state index contributed by atoms with van der Waals surface area (Å²) in [7, 11) is 0. The minimum atomic E-state index is -0.388. The number of carbonyl (C=O) groups is 1. The van der Waals surface area contributed by atoms with Gasteiger partial charge in [-0.3, -0.25) is 4.79 Å². The van der Waals surface area contributed by atoms with Gasteiger partial charge in [0.25, 0.3) is 5.91 Å². The molecule has 0 unspecified atom stereocenters. The lowest BCUT2D eigenvalue weighted by atomic mass is 10.1. The van der Waals surface area contributed by atoms with Crippen molar-refractivity contribution < 1.29 is 13.9 Å². The molecule has 3 aromatic rings. The van der Waals surface area contributed by atoms with Gasteiger partial charge in [-0.1, -0.05) is 32.0 Å². The highest BCUT2D eigenvalue weighted by Gasteiger charge is 2.10. The van der Waals surface area contributed by atoms with Crippen LogP contribution in [0.25, 0.3) is 11.0 Å². The molecule has 0 aliphatic heterocycles. The minimum Gasteiger partial charge on any atom is -0.484 e. The smallest absolute Gasteiger partial charge is 0.336 e. The van der Waals surface area contributed by atoms with E-state index in [9.17, 15) is 9.59 Å². The molecule has 0 radical (unpaired) electrons. The van der Waals surface area contributed by atoms with Crippen LogP contribution < -0.4 is 15.7 Å². The average Bonchev–Trinajstić information content (AvgIpc) is 2.66. The van der Waals surface area contributed by atoms with Crippen LogP contribution in [-0.4, -0.2) is 12.5 Å². The summed E-state index contributed by atoms with van der Waals surface area (Å²) in [6.45, 7) is 5.88. The molecule has 0 aliphatic carbocycles. The Morgan fingerprint density at radius 2 is 1.85 bits per heavy atom. The van der Waals surface area contributed by atoms with Gasteiger partial charge >= 0.3 is 5.63 Å². The van der Waals surface area contributed by atoms with Gasteiger partial charge in [0.1, 0.15) is 11.3 Å². The lowest BCUT2D eigenvalue weighted by Crippen LogP contribution is -2.21. The molecular weight excluding hydrogens is 342 g/mol. The zero-order valence-corrected chi connectivity index (χ0v) is 15.8. The SMILES string of the molecule is CCc1cccc(C)c1NC(=O)COc1ccc2c(CC)cc(=O)oc2c1. The van der Waals surface area contributed by atoms with Crippen molar-refractivity contribution in [1.29, 1.82) is 0 Å². The molecule has 5 nitrogen and oxygen atoms in total. The number of nitrogens with one attached hydrogen (secondary N) is 1. The van der Waals surface area contributed by atoms with Crippen molar-refractivity contribution in [1.82, 2.24) is 0 Å². The fourth-order valence-corrected chi connectivity index (χ4v) is 3.12. The molecule has 0 spiro atoms. The molecule has 27 heavy (non-hydrogen) atoms. The molecule has 5 heteroatoms. The predicted molar refractivity (Wildman–Crippen MR) is 107 cm³/mol. The first-order chi connectivity index (χ1) is 13.0. The maximum atomic E-state index is 12.3. The zero-order valence-electron chi connectivity index (χ0n) is 15.8. The molecule has 0 saturated heterocycles. The second-order valence-corrected chi connectivity index (χ2v) is 6.40. The topological polar surface area (TPSA) is 68.5 Å². The standard InChI is InChI=1S/C22H23NO4/c1-4-15-8-6-7-14(3)22(15)23-20(24)13-26-17-9-10-18-16(5-2)11-21(25)27-19(18)12-17/h6-12H,4-5,13H2,1-3H3,(H,23,24). The molecule has 1 amide bonds. The third-order valence-corrected chi connectivity index (χ3v) is 4.56. The summed E-state index contributed by atoms with van der Waals surface area (Å²) in [5.41, 5.74) is 3.94. The van der Waals surface area contributed by atoms with E-state index in [4.69, 9.17) is 9.15 Å². The minimum absolute atomic E-state index is 0.124. The number of ether oxygens (including phenoxy) is 1. The summed E-state index contributed by atoms with van der Waals surface area (Å²) in [6, 6.07) is 12.7. The monoisotopic (exact) mass is 365 g/mol. The summed E-state index contributed by atoms with van der Waals surface area (Å²) < 4.78 is 10.9. The fraction of sp³-hybridized carbons (Fsp3) is 0.273. The van der Waals surface area contributed by atoms with Gasteiger partial charge < -0.3 is 14.5 Å². The number of para-hydroxylation sites is 1. The van der Waals surface area contributed by atoms with Crippen LogP contribution in [0, 0.1) is 6.92 Å². The number of anilines is 1. The molecule has 0 fully saturated rings. The number of fused-ring (bicyclic) bond motifs is 1. The van der Waals surface area contributed by atoms with Crippen molar-refractivity contribution >= 4 is 22.6 Å². The molecule has 1 heterocycles. The summed E-state index contributed by atoms with van der Waals surface area (Å²) in [4.78, 5) is 24.0. The Kier molecular flexibility index (Phi) is 5.60. The first-order valence-corrected chi connectivity index (χ1v) is 9.09. The van der Waals surface area contributed by atoms with E-state index in [1.807, 2.05) is 45.0 Å². The highest BCUT2D eigenvalue weighted by molar-refractivity contribution is 5.93. The molecular formula is C22H23NO4. The van der Waals surface area contributed by atoms with Gasteiger partial charge in [-0.2, -0.15) is 0 Å². The van der Waals surface area contributed by atoms with Gasteiger partial charge in [-0.25, -0.2) is 4.79 Å². The molecule has 1 aromatic heterocycles. The van der Waals surface area contributed by atoms with E-state index in [0.717, 1.165) is 40.6 Å². The van der Waals surface area contributed by atoms with Crippen molar-refractivity contribution in [3.63, 3.8) is 0 Å². The van der Waals surface area contributed by atoms with Crippen LogP contribution >= 0.6 is 0 Å². The first kappa shape index (κ1) is 18.7. The third-order valence-electron chi connectivity index (χ3n) is 4.56. The summed E-state index contributed by atoms with van der Waals surface area (Å²) in [5.74, 6) is 0.248. The van der Waals surface area contributed by atoms with Crippen molar-refractivity contribution in [2.24, 2.45) is 0 Å². The van der Waals surface area contributed by atoms with Gasteiger partial charge in [0.05, 0.1) is 0 Å². The molecule has 1 N–H and O–H groups in total.